The zero-order chi connectivity index (χ0) is 26.5. The van der Waals surface area contributed by atoms with Crippen molar-refractivity contribution in [2.45, 2.75) is 51.6 Å². The van der Waals surface area contributed by atoms with Gasteiger partial charge < -0.3 is 15.4 Å². The van der Waals surface area contributed by atoms with E-state index in [4.69, 9.17) is 4.74 Å². The summed E-state index contributed by atoms with van der Waals surface area (Å²) in [4.78, 5) is 38.9. The monoisotopic (exact) mass is 519 g/mol. The lowest BCUT2D eigenvalue weighted by Gasteiger charge is -2.24. The Kier molecular flexibility index (Phi) is 8.45. The van der Waals surface area contributed by atoms with Gasteiger partial charge in [-0.1, -0.05) is 62.4 Å². The van der Waals surface area contributed by atoms with Crippen LogP contribution in [0.1, 0.15) is 50.7 Å². The van der Waals surface area contributed by atoms with Gasteiger partial charge in [0.1, 0.15) is 23.6 Å². The van der Waals surface area contributed by atoms with E-state index in [0.717, 1.165) is 46.6 Å². The molecule has 0 unspecified atom stereocenters. The van der Waals surface area contributed by atoms with Crippen LogP contribution in [0.5, 0.6) is 0 Å². The third-order valence-electron chi connectivity index (χ3n) is 6.96. The Hall–Kier alpha value is -3.44. The van der Waals surface area contributed by atoms with Crippen molar-refractivity contribution in [1.29, 1.82) is 5.26 Å². The first-order valence-corrected chi connectivity index (χ1v) is 14.3. The van der Waals surface area contributed by atoms with Gasteiger partial charge in [0.05, 0.1) is 6.04 Å². The minimum Gasteiger partial charge on any atom is -0.449 e. The fourth-order valence-corrected chi connectivity index (χ4v) is 7.22. The van der Waals surface area contributed by atoms with Crippen LogP contribution in [-0.4, -0.2) is 52.8 Å². The zero-order valence-corrected chi connectivity index (χ0v) is 22.3. The quantitative estimate of drug-likeness (QED) is 0.503. The molecular weight excluding hydrogens is 486 g/mol. The van der Waals surface area contributed by atoms with Gasteiger partial charge in [0.15, 0.2) is 0 Å². The van der Waals surface area contributed by atoms with Crippen LogP contribution in [0.25, 0.3) is 11.1 Å². The molecule has 2 aromatic carbocycles. The van der Waals surface area contributed by atoms with Gasteiger partial charge in [0.25, 0.3) is 0 Å². The molecule has 1 aliphatic carbocycles. The van der Waals surface area contributed by atoms with Crippen LogP contribution in [0.2, 0.25) is 0 Å². The lowest BCUT2D eigenvalue weighted by atomic mass is 9.97. The van der Waals surface area contributed by atoms with Crippen LogP contribution in [0.15, 0.2) is 48.5 Å². The number of carbonyl (C=O) groups is 3. The average molecular weight is 520 g/mol. The van der Waals surface area contributed by atoms with Gasteiger partial charge >= 0.3 is 6.09 Å². The molecule has 0 spiro atoms. The van der Waals surface area contributed by atoms with Crippen LogP contribution in [0, 0.1) is 17.2 Å². The van der Waals surface area contributed by atoms with E-state index in [2.05, 4.69) is 28.8 Å². The van der Waals surface area contributed by atoms with Crippen molar-refractivity contribution in [1.82, 2.24) is 10.6 Å². The molecule has 37 heavy (non-hydrogen) atoms. The predicted octanol–water partition coefficient (Wildman–Crippen LogP) is 4.38. The van der Waals surface area contributed by atoms with E-state index in [1.165, 1.54) is 0 Å². The third kappa shape index (κ3) is 5.78. The highest BCUT2D eigenvalue weighted by molar-refractivity contribution is 8.17. The van der Waals surface area contributed by atoms with Crippen LogP contribution >= 0.6 is 10.5 Å². The molecule has 2 aliphatic rings. The van der Waals surface area contributed by atoms with Gasteiger partial charge in [-0.25, -0.2) is 4.79 Å². The van der Waals surface area contributed by atoms with E-state index >= 15 is 0 Å². The van der Waals surface area contributed by atoms with Crippen LogP contribution in [-0.2, 0) is 14.3 Å². The van der Waals surface area contributed by atoms with Crippen molar-refractivity contribution in [2.24, 2.45) is 5.92 Å². The third-order valence-corrected chi connectivity index (χ3v) is 9.40. The molecule has 2 aromatic rings. The Morgan fingerprint density at radius 3 is 2.08 bits per heavy atom. The van der Waals surface area contributed by atoms with Crippen molar-refractivity contribution in [2.75, 3.05) is 18.1 Å². The Labute approximate surface area is 220 Å². The molecule has 1 fully saturated rings. The van der Waals surface area contributed by atoms with E-state index < -0.39 is 24.1 Å². The summed E-state index contributed by atoms with van der Waals surface area (Å²) in [5, 5.41) is 15.0. The number of hydrogen-bond acceptors (Lipinski definition) is 5. The highest BCUT2D eigenvalue weighted by Crippen LogP contribution is 2.44. The number of carbonyl (C=O) groups excluding carboxylic acids is 3. The molecule has 0 saturated carbocycles. The van der Waals surface area contributed by atoms with E-state index in [9.17, 15) is 19.6 Å². The zero-order valence-electron chi connectivity index (χ0n) is 21.5. The number of benzene rings is 2. The van der Waals surface area contributed by atoms with Crippen molar-refractivity contribution < 1.29 is 19.1 Å². The number of nitrogens with zero attached hydrogens (tertiary/aromatic N) is 1. The molecule has 2 atom stereocenters. The Balaban J connectivity index is 1.36. The smallest absolute Gasteiger partial charge is 0.407 e. The molecule has 8 heteroatoms. The van der Waals surface area contributed by atoms with Gasteiger partial charge in [-0.15, -0.1) is 0 Å². The first kappa shape index (κ1) is 26.6. The second-order valence-corrected chi connectivity index (χ2v) is 12.0. The standard InChI is InChI=1S/C29H33N3O4S/c1-18(2)26(27(33)25(16-30)37-14-8-9-15-37)32-28(34)19(3)31-29(35)36-17-24-22-12-6-4-10-20(22)21-11-5-7-13-23(21)24/h4-7,10-13,18-19,24,26H,8-9,14-15,17H2,1-3H3,(H,31,35)(H,32,34)/t19-,26+/m1/s1. The fourth-order valence-electron chi connectivity index (χ4n) is 4.96. The molecule has 7 nitrogen and oxygen atoms in total. The average Bonchev–Trinajstić information content (AvgIpc) is 3.53. The Bertz CT molecular complexity index is 1230. The molecule has 2 amide bonds. The number of fused-ring (bicyclic) bond motifs is 3. The molecule has 1 aliphatic heterocycles. The molecular formula is C29H33N3O4S. The van der Waals surface area contributed by atoms with Gasteiger partial charge in [0.2, 0.25) is 11.7 Å². The molecule has 0 bridgehead atoms. The first-order chi connectivity index (χ1) is 17.8. The van der Waals surface area contributed by atoms with E-state index in [1.807, 2.05) is 50.2 Å². The van der Waals surface area contributed by atoms with E-state index in [1.54, 1.807) is 6.92 Å². The highest BCUT2D eigenvalue weighted by atomic mass is 32.2. The SMILES string of the molecule is CC(C)[C@H](NC(=O)[C@@H](C)NC(=O)OCC1c2ccccc2-c2ccccc21)C(=O)C(C#N)=S1CCCC1. The van der Waals surface area contributed by atoms with E-state index in [-0.39, 0.29) is 39.6 Å². The fraction of sp³-hybridized carbons (Fsp3) is 0.414. The van der Waals surface area contributed by atoms with Crippen LogP contribution in [0.3, 0.4) is 0 Å². The number of alkyl carbamates (subject to hydrolysis) is 1. The predicted molar refractivity (Wildman–Crippen MR) is 147 cm³/mol. The highest BCUT2D eigenvalue weighted by Gasteiger charge is 2.32. The molecule has 0 radical (unpaired) electrons. The van der Waals surface area contributed by atoms with Crippen LogP contribution in [0.4, 0.5) is 4.79 Å². The summed E-state index contributed by atoms with van der Waals surface area (Å²) in [6, 6.07) is 16.5. The summed E-state index contributed by atoms with van der Waals surface area (Å²) < 4.78 is 5.54. The van der Waals surface area contributed by atoms with Crippen molar-refractivity contribution in [3.63, 3.8) is 0 Å². The van der Waals surface area contributed by atoms with E-state index in [0.29, 0.717) is 0 Å². The van der Waals surface area contributed by atoms with Crippen molar-refractivity contribution in [3.8, 4) is 17.2 Å². The summed E-state index contributed by atoms with van der Waals surface area (Å²) in [5.74, 6) is 0.617. The second-order valence-electron chi connectivity index (χ2n) is 9.84. The number of rotatable bonds is 8. The Morgan fingerprint density at radius 2 is 1.54 bits per heavy atom. The number of ether oxygens (including phenoxy) is 1. The number of nitrogens with one attached hydrogen (secondary N) is 2. The summed E-state index contributed by atoms with van der Waals surface area (Å²) in [7, 11) is -0.338. The molecule has 1 saturated heterocycles. The summed E-state index contributed by atoms with van der Waals surface area (Å²) in [5.41, 5.74) is 4.48. The largest absolute Gasteiger partial charge is 0.449 e. The second kappa shape index (κ2) is 11.7. The number of ketones is 1. The summed E-state index contributed by atoms with van der Waals surface area (Å²) in [6.45, 7) is 5.36. The lowest BCUT2D eigenvalue weighted by Crippen LogP contribution is -2.53. The van der Waals surface area contributed by atoms with Gasteiger partial charge in [-0.05, 0) is 59.4 Å². The number of nitriles is 1. The van der Waals surface area contributed by atoms with Crippen molar-refractivity contribution >= 4 is 33.1 Å². The number of hydrogen-bond donors (Lipinski definition) is 2. The molecule has 4 rings (SSSR count). The van der Waals surface area contributed by atoms with Crippen molar-refractivity contribution in [3.05, 3.63) is 59.7 Å². The summed E-state index contributed by atoms with van der Waals surface area (Å²) >= 11 is 0. The van der Waals surface area contributed by atoms with Gasteiger partial charge in [-0.3, -0.25) is 9.59 Å². The van der Waals surface area contributed by atoms with Crippen LogP contribution < -0.4 is 10.6 Å². The summed E-state index contributed by atoms with van der Waals surface area (Å²) in [6.07, 6.45) is 1.33. The van der Waals surface area contributed by atoms with Gasteiger partial charge in [-0.2, -0.15) is 15.7 Å². The molecule has 0 aromatic heterocycles. The van der Waals surface area contributed by atoms with Gasteiger partial charge in [0, 0.05) is 5.92 Å². The minimum atomic E-state index is -0.913. The lowest BCUT2D eigenvalue weighted by molar-refractivity contribution is -0.127. The molecule has 194 valence electrons. The first-order valence-electron chi connectivity index (χ1n) is 12.7. The number of amides is 2. The topological polar surface area (TPSA) is 108 Å². The number of Topliss-reactive ketones (excluding diaryl/α,β-unsaturated/α-hetero) is 1. The Morgan fingerprint density at radius 1 is 0.973 bits per heavy atom. The molecule has 2 N–H and O–H groups in total. The normalized spacial score (nSPS) is 16.3. The molecule has 1 heterocycles. The minimum absolute atomic E-state index is 0.0819. The maximum Gasteiger partial charge on any atom is 0.407 e. The maximum absolute atomic E-state index is 13.2. The maximum atomic E-state index is 13.2.